The molecule has 1 amide bonds. The summed E-state index contributed by atoms with van der Waals surface area (Å²) in [6, 6.07) is 10.2. The monoisotopic (exact) mass is 343 g/mol. The molecule has 0 aliphatic heterocycles. The van der Waals surface area contributed by atoms with Crippen molar-refractivity contribution in [2.75, 3.05) is 25.0 Å². The second-order valence-electron chi connectivity index (χ2n) is 5.25. The molecule has 2 rings (SSSR count). The van der Waals surface area contributed by atoms with Crippen molar-refractivity contribution in [1.82, 2.24) is 15.6 Å². The fourth-order valence-corrected chi connectivity index (χ4v) is 2.15. The van der Waals surface area contributed by atoms with Gasteiger partial charge in [0.25, 0.3) is 0 Å². The zero-order valence-corrected chi connectivity index (χ0v) is 14.1. The third kappa shape index (κ3) is 6.58. The fourth-order valence-electron chi connectivity index (χ4n) is 2.15. The molecular weight excluding hydrogens is 321 g/mol. The Balaban J connectivity index is 1.83. The summed E-state index contributed by atoms with van der Waals surface area (Å²) < 4.78 is 13.6. The highest BCUT2D eigenvalue weighted by atomic mass is 19.1. The minimum absolute atomic E-state index is 0.0239. The first kappa shape index (κ1) is 18.4. The van der Waals surface area contributed by atoms with Gasteiger partial charge in [0, 0.05) is 19.3 Å². The highest BCUT2D eigenvalue weighted by molar-refractivity contribution is 5.93. The Hall–Kier alpha value is -2.96. The maximum absolute atomic E-state index is 13.6. The van der Waals surface area contributed by atoms with Crippen LogP contribution in [-0.2, 0) is 11.2 Å². The van der Waals surface area contributed by atoms with Crippen LogP contribution >= 0.6 is 0 Å². The first-order valence-corrected chi connectivity index (χ1v) is 8.14. The first-order valence-electron chi connectivity index (χ1n) is 8.14. The van der Waals surface area contributed by atoms with Gasteiger partial charge < -0.3 is 16.0 Å². The van der Waals surface area contributed by atoms with Gasteiger partial charge in [-0.05, 0) is 37.1 Å². The predicted molar refractivity (Wildman–Crippen MR) is 97.0 cm³/mol. The molecule has 0 atom stereocenters. The van der Waals surface area contributed by atoms with Crippen LogP contribution in [0.2, 0.25) is 0 Å². The molecule has 0 unspecified atom stereocenters. The Morgan fingerprint density at radius 2 is 2.04 bits per heavy atom. The molecule has 132 valence electrons. The summed E-state index contributed by atoms with van der Waals surface area (Å²) in [5.74, 6) is 0.0570. The average molecular weight is 343 g/mol. The maximum atomic E-state index is 13.6. The number of rotatable bonds is 7. The number of benzene rings is 1. The molecule has 0 spiro atoms. The number of aromatic nitrogens is 1. The minimum atomic E-state index is -0.237. The summed E-state index contributed by atoms with van der Waals surface area (Å²) in [6.45, 7) is 3.08. The van der Waals surface area contributed by atoms with E-state index in [0.717, 1.165) is 0 Å². The van der Waals surface area contributed by atoms with Gasteiger partial charge in [-0.1, -0.05) is 18.2 Å². The Bertz CT molecular complexity index is 706. The molecule has 0 saturated carbocycles. The lowest BCUT2D eigenvalue weighted by molar-refractivity contribution is -0.114. The second kappa shape index (κ2) is 10.0. The summed E-state index contributed by atoms with van der Waals surface area (Å²) in [5.41, 5.74) is 1.26. The van der Waals surface area contributed by atoms with Gasteiger partial charge in [-0.15, -0.1) is 0 Å². The van der Waals surface area contributed by atoms with Gasteiger partial charge in [0.2, 0.25) is 5.91 Å². The lowest BCUT2D eigenvalue weighted by Crippen LogP contribution is -2.39. The SMILES string of the molecule is CCNC(=NCC(=O)Nc1cccnc1)NCCc1ccccc1F. The van der Waals surface area contributed by atoms with Gasteiger partial charge in [0.05, 0.1) is 11.9 Å². The standard InChI is InChI=1S/C18H22FN5O/c1-2-21-18(22-11-9-14-6-3-4-8-16(14)19)23-13-17(25)24-15-7-5-10-20-12-15/h3-8,10,12H,2,9,11,13H2,1H3,(H,24,25)(H2,21,22,23). The Morgan fingerprint density at radius 1 is 1.20 bits per heavy atom. The van der Waals surface area contributed by atoms with Crippen LogP contribution < -0.4 is 16.0 Å². The summed E-state index contributed by atoms with van der Waals surface area (Å²) in [4.78, 5) is 20.1. The molecule has 1 heterocycles. The van der Waals surface area contributed by atoms with Gasteiger partial charge in [-0.2, -0.15) is 0 Å². The van der Waals surface area contributed by atoms with Crippen molar-refractivity contribution >= 4 is 17.6 Å². The number of amides is 1. The molecule has 0 saturated heterocycles. The Morgan fingerprint density at radius 3 is 2.76 bits per heavy atom. The van der Waals surface area contributed by atoms with Crippen molar-refractivity contribution in [3.8, 4) is 0 Å². The first-order chi connectivity index (χ1) is 12.2. The Labute approximate surface area is 146 Å². The van der Waals surface area contributed by atoms with Gasteiger partial charge in [-0.25, -0.2) is 9.38 Å². The molecule has 0 aliphatic carbocycles. The molecule has 7 heteroatoms. The van der Waals surface area contributed by atoms with E-state index in [1.54, 1.807) is 42.7 Å². The molecule has 0 bridgehead atoms. The van der Waals surface area contributed by atoms with Gasteiger partial charge >= 0.3 is 0 Å². The summed E-state index contributed by atoms with van der Waals surface area (Å²) in [5, 5.41) is 8.87. The van der Waals surface area contributed by atoms with Crippen molar-refractivity contribution in [3.63, 3.8) is 0 Å². The third-order valence-corrected chi connectivity index (χ3v) is 3.31. The number of guanidine groups is 1. The number of carbonyl (C=O) groups is 1. The third-order valence-electron chi connectivity index (χ3n) is 3.31. The van der Waals surface area contributed by atoms with E-state index in [2.05, 4.69) is 25.9 Å². The molecule has 0 aliphatic rings. The van der Waals surface area contributed by atoms with E-state index in [1.165, 1.54) is 6.07 Å². The number of carbonyl (C=O) groups excluding carboxylic acids is 1. The topological polar surface area (TPSA) is 78.4 Å². The Kier molecular flexibility index (Phi) is 7.37. The molecule has 1 aromatic heterocycles. The molecule has 0 radical (unpaired) electrons. The zero-order chi connectivity index (χ0) is 17.9. The van der Waals surface area contributed by atoms with Crippen LogP contribution in [-0.4, -0.2) is 36.5 Å². The lowest BCUT2D eigenvalue weighted by Gasteiger charge is -2.11. The van der Waals surface area contributed by atoms with Crippen molar-refractivity contribution in [1.29, 1.82) is 0 Å². The molecule has 2 aromatic rings. The van der Waals surface area contributed by atoms with E-state index in [4.69, 9.17) is 0 Å². The van der Waals surface area contributed by atoms with E-state index >= 15 is 0 Å². The number of nitrogens with zero attached hydrogens (tertiary/aromatic N) is 2. The van der Waals surface area contributed by atoms with Crippen LogP contribution in [0.5, 0.6) is 0 Å². The van der Waals surface area contributed by atoms with E-state index in [1.807, 2.05) is 6.92 Å². The number of aliphatic imine (C=N–C) groups is 1. The van der Waals surface area contributed by atoms with Crippen molar-refractivity contribution < 1.29 is 9.18 Å². The summed E-state index contributed by atoms with van der Waals surface area (Å²) in [6.07, 6.45) is 3.73. The largest absolute Gasteiger partial charge is 0.357 e. The molecule has 0 fully saturated rings. The van der Waals surface area contributed by atoms with E-state index in [0.29, 0.717) is 36.7 Å². The molecule has 6 nitrogen and oxygen atoms in total. The van der Waals surface area contributed by atoms with E-state index in [-0.39, 0.29) is 18.3 Å². The van der Waals surface area contributed by atoms with Crippen LogP contribution in [0, 0.1) is 5.82 Å². The molecule has 3 N–H and O–H groups in total. The smallest absolute Gasteiger partial charge is 0.246 e. The quantitative estimate of drug-likeness (QED) is 0.530. The summed E-state index contributed by atoms with van der Waals surface area (Å²) in [7, 11) is 0. The lowest BCUT2D eigenvalue weighted by atomic mass is 10.1. The predicted octanol–water partition coefficient (Wildman–Crippen LogP) is 1.96. The van der Waals surface area contributed by atoms with Crippen LogP contribution in [0.4, 0.5) is 10.1 Å². The number of anilines is 1. The van der Waals surface area contributed by atoms with Crippen molar-refractivity contribution in [2.45, 2.75) is 13.3 Å². The van der Waals surface area contributed by atoms with Crippen LogP contribution in [0.3, 0.4) is 0 Å². The van der Waals surface area contributed by atoms with Gasteiger partial charge in [0.1, 0.15) is 12.4 Å². The number of nitrogens with one attached hydrogen (secondary N) is 3. The normalized spacial score (nSPS) is 11.0. The molecule has 25 heavy (non-hydrogen) atoms. The zero-order valence-electron chi connectivity index (χ0n) is 14.1. The number of hydrogen-bond acceptors (Lipinski definition) is 3. The fraction of sp³-hybridized carbons (Fsp3) is 0.278. The van der Waals surface area contributed by atoms with Gasteiger partial charge in [-0.3, -0.25) is 9.78 Å². The van der Waals surface area contributed by atoms with Crippen molar-refractivity contribution in [2.24, 2.45) is 4.99 Å². The van der Waals surface area contributed by atoms with Crippen LogP contribution in [0.25, 0.3) is 0 Å². The summed E-state index contributed by atoms with van der Waals surface area (Å²) >= 11 is 0. The van der Waals surface area contributed by atoms with E-state index < -0.39 is 0 Å². The van der Waals surface area contributed by atoms with Crippen LogP contribution in [0.15, 0.2) is 53.8 Å². The van der Waals surface area contributed by atoms with Gasteiger partial charge in [0.15, 0.2) is 5.96 Å². The highest BCUT2D eigenvalue weighted by Gasteiger charge is 2.04. The van der Waals surface area contributed by atoms with Crippen LogP contribution in [0.1, 0.15) is 12.5 Å². The van der Waals surface area contributed by atoms with E-state index in [9.17, 15) is 9.18 Å². The minimum Gasteiger partial charge on any atom is -0.357 e. The highest BCUT2D eigenvalue weighted by Crippen LogP contribution is 2.06. The maximum Gasteiger partial charge on any atom is 0.246 e. The number of hydrogen-bond donors (Lipinski definition) is 3. The number of pyridine rings is 1. The number of halogens is 1. The molecular formula is C18H22FN5O. The molecule has 1 aromatic carbocycles. The average Bonchev–Trinajstić information content (AvgIpc) is 2.62. The second-order valence-corrected chi connectivity index (χ2v) is 5.25. The van der Waals surface area contributed by atoms with Crippen molar-refractivity contribution in [3.05, 3.63) is 60.2 Å².